The van der Waals surface area contributed by atoms with Gasteiger partial charge in [0.1, 0.15) is 11.8 Å². The SMILES string of the molecule is COc1ccc(NC(=O)N2CCCC2C(=O)Nc2ccccc2C)cc1. The summed E-state index contributed by atoms with van der Waals surface area (Å²) in [6.45, 7) is 2.51. The highest BCUT2D eigenvalue weighted by molar-refractivity contribution is 6.00. The lowest BCUT2D eigenvalue weighted by molar-refractivity contribution is -0.119. The number of carbonyl (C=O) groups excluding carboxylic acids is 2. The van der Waals surface area contributed by atoms with Crippen LogP contribution in [0.2, 0.25) is 0 Å². The van der Waals surface area contributed by atoms with E-state index in [9.17, 15) is 9.59 Å². The van der Waals surface area contributed by atoms with E-state index < -0.39 is 6.04 Å². The van der Waals surface area contributed by atoms with Crippen LogP contribution in [-0.2, 0) is 4.79 Å². The number of urea groups is 1. The summed E-state index contributed by atoms with van der Waals surface area (Å²) in [6.07, 6.45) is 1.47. The molecule has 0 spiro atoms. The molecular formula is C20H23N3O3. The van der Waals surface area contributed by atoms with Gasteiger partial charge >= 0.3 is 6.03 Å². The molecule has 3 rings (SSSR count). The number of benzene rings is 2. The number of rotatable bonds is 4. The number of methoxy groups -OCH3 is 1. The van der Waals surface area contributed by atoms with Crippen LogP contribution < -0.4 is 15.4 Å². The Labute approximate surface area is 153 Å². The maximum Gasteiger partial charge on any atom is 0.322 e. The Hall–Kier alpha value is -3.02. The van der Waals surface area contributed by atoms with Crippen LogP contribution in [0.5, 0.6) is 5.75 Å². The lowest BCUT2D eigenvalue weighted by Gasteiger charge is -2.24. The zero-order valence-corrected chi connectivity index (χ0v) is 15.0. The highest BCUT2D eigenvalue weighted by atomic mass is 16.5. The second-order valence-corrected chi connectivity index (χ2v) is 6.31. The summed E-state index contributed by atoms with van der Waals surface area (Å²) in [5.41, 5.74) is 2.44. The Morgan fingerprint density at radius 3 is 2.50 bits per heavy atom. The molecule has 0 saturated carbocycles. The quantitative estimate of drug-likeness (QED) is 0.882. The number of para-hydroxylation sites is 1. The summed E-state index contributed by atoms with van der Waals surface area (Å²) in [6, 6.07) is 14.0. The number of nitrogens with one attached hydrogen (secondary N) is 2. The van der Waals surface area contributed by atoms with E-state index >= 15 is 0 Å². The summed E-state index contributed by atoms with van der Waals surface area (Å²) < 4.78 is 5.11. The predicted molar refractivity (Wildman–Crippen MR) is 102 cm³/mol. The fourth-order valence-electron chi connectivity index (χ4n) is 3.08. The Bertz CT molecular complexity index is 789. The first kappa shape index (κ1) is 17.8. The van der Waals surface area contributed by atoms with Crippen molar-refractivity contribution in [1.82, 2.24) is 4.90 Å². The molecular weight excluding hydrogens is 330 g/mol. The van der Waals surface area contributed by atoms with Crippen molar-refractivity contribution in [2.45, 2.75) is 25.8 Å². The molecule has 26 heavy (non-hydrogen) atoms. The average Bonchev–Trinajstić information content (AvgIpc) is 3.14. The standard InChI is InChI=1S/C20H23N3O3/c1-14-6-3-4-7-17(14)22-19(24)18-8-5-13-23(18)20(25)21-15-9-11-16(26-2)12-10-15/h3-4,6-7,9-12,18H,5,8,13H2,1-2H3,(H,21,25)(H,22,24). The van der Waals surface area contributed by atoms with Crippen molar-refractivity contribution in [3.8, 4) is 5.75 Å². The molecule has 1 fully saturated rings. The summed E-state index contributed by atoms with van der Waals surface area (Å²) in [7, 11) is 1.59. The number of ether oxygens (including phenoxy) is 1. The molecule has 1 aliphatic heterocycles. The summed E-state index contributed by atoms with van der Waals surface area (Å²) in [5.74, 6) is 0.571. The largest absolute Gasteiger partial charge is 0.497 e. The first-order valence-corrected chi connectivity index (χ1v) is 8.66. The average molecular weight is 353 g/mol. The molecule has 0 radical (unpaired) electrons. The van der Waals surface area contributed by atoms with Crippen LogP contribution in [0.15, 0.2) is 48.5 Å². The van der Waals surface area contributed by atoms with E-state index in [0.717, 1.165) is 23.4 Å². The number of likely N-dealkylation sites (tertiary alicyclic amines) is 1. The predicted octanol–water partition coefficient (Wildman–Crippen LogP) is 3.64. The fraction of sp³-hybridized carbons (Fsp3) is 0.300. The molecule has 1 unspecified atom stereocenters. The molecule has 6 heteroatoms. The normalized spacial score (nSPS) is 16.2. The number of amides is 3. The maximum atomic E-state index is 12.7. The van der Waals surface area contributed by atoms with Crippen LogP contribution in [-0.4, -0.2) is 36.5 Å². The van der Waals surface area contributed by atoms with Gasteiger partial charge in [-0.15, -0.1) is 0 Å². The van der Waals surface area contributed by atoms with E-state index in [1.807, 2.05) is 31.2 Å². The molecule has 136 valence electrons. The monoisotopic (exact) mass is 353 g/mol. The molecule has 0 aromatic heterocycles. The minimum absolute atomic E-state index is 0.151. The summed E-state index contributed by atoms with van der Waals surface area (Å²) >= 11 is 0. The minimum Gasteiger partial charge on any atom is -0.497 e. The highest BCUT2D eigenvalue weighted by Gasteiger charge is 2.34. The van der Waals surface area contributed by atoms with Crippen LogP contribution in [0.4, 0.5) is 16.2 Å². The lowest BCUT2D eigenvalue weighted by Crippen LogP contribution is -2.45. The molecule has 2 aromatic rings. The first-order chi connectivity index (χ1) is 12.6. The molecule has 2 N–H and O–H groups in total. The molecule has 0 bridgehead atoms. The molecule has 1 heterocycles. The molecule has 1 atom stereocenters. The van der Waals surface area contributed by atoms with Gasteiger partial charge in [-0.1, -0.05) is 18.2 Å². The number of anilines is 2. The van der Waals surface area contributed by atoms with Crippen LogP contribution in [0.25, 0.3) is 0 Å². The highest BCUT2D eigenvalue weighted by Crippen LogP contribution is 2.22. The van der Waals surface area contributed by atoms with Gasteiger partial charge in [-0.3, -0.25) is 4.79 Å². The van der Waals surface area contributed by atoms with Crippen molar-refractivity contribution >= 4 is 23.3 Å². The summed E-state index contributed by atoms with van der Waals surface area (Å²) in [5, 5.41) is 5.79. The Morgan fingerprint density at radius 2 is 1.81 bits per heavy atom. The number of carbonyl (C=O) groups is 2. The zero-order chi connectivity index (χ0) is 18.5. The van der Waals surface area contributed by atoms with Gasteiger partial charge in [0.15, 0.2) is 0 Å². The molecule has 1 saturated heterocycles. The lowest BCUT2D eigenvalue weighted by atomic mass is 10.1. The number of aryl methyl sites for hydroxylation is 1. The van der Waals surface area contributed by atoms with Gasteiger partial charge in [0.05, 0.1) is 7.11 Å². The summed E-state index contributed by atoms with van der Waals surface area (Å²) in [4.78, 5) is 26.9. The Morgan fingerprint density at radius 1 is 1.08 bits per heavy atom. The van der Waals surface area contributed by atoms with Crippen LogP contribution >= 0.6 is 0 Å². The van der Waals surface area contributed by atoms with Gasteiger partial charge in [0, 0.05) is 17.9 Å². The van der Waals surface area contributed by atoms with E-state index in [2.05, 4.69) is 10.6 Å². The van der Waals surface area contributed by atoms with Crippen molar-refractivity contribution in [1.29, 1.82) is 0 Å². The smallest absolute Gasteiger partial charge is 0.322 e. The molecule has 3 amide bonds. The van der Waals surface area contributed by atoms with Gasteiger partial charge in [0.2, 0.25) is 5.91 Å². The van der Waals surface area contributed by atoms with Crippen LogP contribution in [0, 0.1) is 6.92 Å². The van der Waals surface area contributed by atoms with Gasteiger partial charge in [0.25, 0.3) is 0 Å². The van der Waals surface area contributed by atoms with Crippen LogP contribution in [0.1, 0.15) is 18.4 Å². The third-order valence-electron chi connectivity index (χ3n) is 4.56. The Balaban J connectivity index is 1.65. The van der Waals surface area contributed by atoms with E-state index in [0.29, 0.717) is 18.7 Å². The minimum atomic E-state index is -0.465. The van der Waals surface area contributed by atoms with Crippen molar-refractivity contribution in [2.24, 2.45) is 0 Å². The van der Waals surface area contributed by atoms with Crippen LogP contribution in [0.3, 0.4) is 0 Å². The maximum absolute atomic E-state index is 12.7. The molecule has 6 nitrogen and oxygen atoms in total. The number of hydrogen-bond acceptors (Lipinski definition) is 3. The topological polar surface area (TPSA) is 70.7 Å². The van der Waals surface area contributed by atoms with E-state index in [-0.39, 0.29) is 11.9 Å². The number of hydrogen-bond donors (Lipinski definition) is 2. The third kappa shape index (κ3) is 3.96. The van der Waals surface area contributed by atoms with Crippen molar-refractivity contribution < 1.29 is 14.3 Å². The molecule has 2 aromatic carbocycles. The van der Waals surface area contributed by atoms with Gasteiger partial charge in [-0.05, 0) is 55.7 Å². The second-order valence-electron chi connectivity index (χ2n) is 6.31. The van der Waals surface area contributed by atoms with Crippen molar-refractivity contribution in [3.05, 3.63) is 54.1 Å². The van der Waals surface area contributed by atoms with Crippen molar-refractivity contribution in [3.63, 3.8) is 0 Å². The Kier molecular flexibility index (Phi) is 5.41. The van der Waals surface area contributed by atoms with Crippen molar-refractivity contribution in [2.75, 3.05) is 24.3 Å². The van der Waals surface area contributed by atoms with Gasteiger partial charge in [-0.25, -0.2) is 4.79 Å². The molecule has 1 aliphatic rings. The van der Waals surface area contributed by atoms with Gasteiger partial charge in [-0.2, -0.15) is 0 Å². The van der Waals surface area contributed by atoms with E-state index in [1.54, 1.807) is 36.3 Å². The van der Waals surface area contributed by atoms with E-state index in [4.69, 9.17) is 4.74 Å². The van der Waals surface area contributed by atoms with E-state index in [1.165, 1.54) is 0 Å². The second kappa shape index (κ2) is 7.91. The first-order valence-electron chi connectivity index (χ1n) is 8.66. The molecule has 0 aliphatic carbocycles. The number of nitrogens with zero attached hydrogens (tertiary/aromatic N) is 1. The fourth-order valence-corrected chi connectivity index (χ4v) is 3.08. The third-order valence-corrected chi connectivity index (χ3v) is 4.56. The van der Waals surface area contributed by atoms with Gasteiger partial charge < -0.3 is 20.3 Å². The zero-order valence-electron chi connectivity index (χ0n) is 15.0.